The summed E-state index contributed by atoms with van der Waals surface area (Å²) in [6, 6.07) is 0. The highest BCUT2D eigenvalue weighted by atomic mass is 16.6. The summed E-state index contributed by atoms with van der Waals surface area (Å²) < 4.78 is 17.1. The Kier molecular flexibility index (Phi) is 2.66. The molecule has 0 radical (unpaired) electrons. The predicted octanol–water partition coefficient (Wildman–Crippen LogP) is 2.65. The van der Waals surface area contributed by atoms with Gasteiger partial charge in [0.15, 0.2) is 0 Å². The maximum atomic E-state index is 5.95. The first kappa shape index (κ1) is 11.3. The zero-order chi connectivity index (χ0) is 12.1. The van der Waals surface area contributed by atoms with E-state index in [9.17, 15) is 0 Å². The average Bonchev–Trinajstić information content (AvgIpc) is 3.26. The maximum Gasteiger partial charge on any atom is 0.0920 e. The SMILES string of the molecule is C=C(OCC1CCC2OC2C1)C1CCC2OC2C1. The van der Waals surface area contributed by atoms with Crippen molar-refractivity contribution in [1.29, 1.82) is 0 Å². The third-order valence-electron chi connectivity index (χ3n) is 5.08. The van der Waals surface area contributed by atoms with Crippen LogP contribution in [0.4, 0.5) is 0 Å². The molecule has 2 saturated carbocycles. The molecule has 0 aromatic carbocycles. The Morgan fingerprint density at radius 3 is 2.39 bits per heavy atom. The first-order valence-corrected chi connectivity index (χ1v) is 7.42. The summed E-state index contributed by atoms with van der Waals surface area (Å²) in [5.41, 5.74) is 0. The largest absolute Gasteiger partial charge is 0.498 e. The molecule has 0 N–H and O–H groups in total. The van der Waals surface area contributed by atoms with Crippen LogP contribution in [-0.2, 0) is 14.2 Å². The lowest BCUT2D eigenvalue weighted by Gasteiger charge is -2.25. The fraction of sp³-hybridized carbons (Fsp3) is 0.867. The van der Waals surface area contributed by atoms with Gasteiger partial charge in [-0.25, -0.2) is 0 Å². The Morgan fingerprint density at radius 1 is 0.944 bits per heavy atom. The smallest absolute Gasteiger partial charge is 0.0920 e. The lowest BCUT2D eigenvalue weighted by Crippen LogP contribution is -2.21. The van der Waals surface area contributed by atoms with Gasteiger partial charge < -0.3 is 14.2 Å². The zero-order valence-corrected chi connectivity index (χ0v) is 10.8. The molecular weight excluding hydrogens is 228 g/mol. The molecule has 0 aromatic rings. The lowest BCUT2D eigenvalue weighted by molar-refractivity contribution is 0.117. The van der Waals surface area contributed by atoms with Crippen molar-refractivity contribution in [3.63, 3.8) is 0 Å². The van der Waals surface area contributed by atoms with Crippen LogP contribution in [0.3, 0.4) is 0 Å². The van der Waals surface area contributed by atoms with E-state index < -0.39 is 0 Å². The van der Waals surface area contributed by atoms with Crippen molar-refractivity contribution in [2.45, 2.75) is 62.9 Å². The van der Waals surface area contributed by atoms with Crippen molar-refractivity contribution in [3.05, 3.63) is 12.3 Å². The average molecular weight is 250 g/mol. The van der Waals surface area contributed by atoms with Crippen molar-refractivity contribution in [2.24, 2.45) is 11.8 Å². The quantitative estimate of drug-likeness (QED) is 0.568. The molecule has 3 nitrogen and oxygen atoms in total. The number of rotatable bonds is 4. The van der Waals surface area contributed by atoms with Crippen molar-refractivity contribution in [3.8, 4) is 0 Å². The molecule has 2 heterocycles. The van der Waals surface area contributed by atoms with E-state index in [1.807, 2.05) is 0 Å². The Hall–Kier alpha value is -0.540. The summed E-state index contributed by atoms with van der Waals surface area (Å²) in [7, 11) is 0. The van der Waals surface area contributed by atoms with Gasteiger partial charge in [0.2, 0.25) is 0 Å². The minimum atomic E-state index is 0.513. The van der Waals surface area contributed by atoms with Crippen LogP contribution in [0.2, 0.25) is 0 Å². The van der Waals surface area contributed by atoms with Crippen LogP contribution in [0.1, 0.15) is 38.5 Å². The van der Waals surface area contributed by atoms with Crippen LogP contribution >= 0.6 is 0 Å². The van der Waals surface area contributed by atoms with Gasteiger partial charge in [0.25, 0.3) is 0 Å². The second-order valence-electron chi connectivity index (χ2n) is 6.39. The highest BCUT2D eigenvalue weighted by Gasteiger charge is 2.45. The Bertz CT molecular complexity index is 354. The van der Waals surface area contributed by atoms with Crippen LogP contribution in [0.25, 0.3) is 0 Å². The normalized spacial score (nSPS) is 48.9. The summed E-state index contributed by atoms with van der Waals surface area (Å²) in [5, 5.41) is 0. The van der Waals surface area contributed by atoms with Gasteiger partial charge in [-0.2, -0.15) is 0 Å². The fourth-order valence-corrected chi connectivity index (χ4v) is 3.68. The van der Waals surface area contributed by atoms with Crippen LogP contribution < -0.4 is 0 Å². The minimum absolute atomic E-state index is 0.513. The van der Waals surface area contributed by atoms with Crippen LogP contribution in [0.5, 0.6) is 0 Å². The van der Waals surface area contributed by atoms with Gasteiger partial charge in [-0.3, -0.25) is 0 Å². The van der Waals surface area contributed by atoms with Crippen molar-refractivity contribution >= 4 is 0 Å². The van der Waals surface area contributed by atoms with Gasteiger partial charge in [0.1, 0.15) is 0 Å². The number of ether oxygens (including phenoxy) is 3. The monoisotopic (exact) mass is 250 g/mol. The molecule has 0 aromatic heterocycles. The Labute approximate surface area is 108 Å². The zero-order valence-electron chi connectivity index (χ0n) is 10.8. The third kappa shape index (κ3) is 2.19. The van der Waals surface area contributed by atoms with Crippen LogP contribution in [-0.4, -0.2) is 31.0 Å². The lowest BCUT2D eigenvalue weighted by atomic mass is 9.88. The number of hydrogen-bond donors (Lipinski definition) is 0. The number of allylic oxidation sites excluding steroid dienone is 1. The Balaban J connectivity index is 1.23. The number of hydrogen-bond acceptors (Lipinski definition) is 3. The maximum absolute atomic E-state index is 5.95. The van der Waals surface area contributed by atoms with Gasteiger partial charge in [0, 0.05) is 5.92 Å². The summed E-state index contributed by atoms with van der Waals surface area (Å²) in [4.78, 5) is 0. The molecule has 4 rings (SSSR count). The first-order chi connectivity index (χ1) is 8.79. The van der Waals surface area contributed by atoms with Crippen molar-refractivity contribution in [2.75, 3.05) is 6.61 Å². The molecule has 4 fully saturated rings. The Morgan fingerprint density at radius 2 is 1.67 bits per heavy atom. The van der Waals surface area contributed by atoms with E-state index in [-0.39, 0.29) is 0 Å². The highest BCUT2D eigenvalue weighted by molar-refractivity contribution is 5.02. The van der Waals surface area contributed by atoms with E-state index in [1.54, 1.807) is 0 Å². The molecule has 6 unspecified atom stereocenters. The van der Waals surface area contributed by atoms with E-state index in [4.69, 9.17) is 14.2 Å². The van der Waals surface area contributed by atoms with Crippen LogP contribution in [0.15, 0.2) is 12.3 Å². The summed E-state index contributed by atoms with van der Waals surface area (Å²) in [5.74, 6) is 2.21. The third-order valence-corrected chi connectivity index (χ3v) is 5.08. The van der Waals surface area contributed by atoms with Gasteiger partial charge in [-0.1, -0.05) is 6.58 Å². The molecule has 2 saturated heterocycles. The van der Waals surface area contributed by atoms with E-state index in [1.165, 1.54) is 32.1 Å². The molecule has 2 aliphatic heterocycles. The molecule has 18 heavy (non-hydrogen) atoms. The van der Waals surface area contributed by atoms with Crippen molar-refractivity contribution < 1.29 is 14.2 Å². The molecule has 6 atom stereocenters. The summed E-state index contributed by atoms with van der Waals surface area (Å²) >= 11 is 0. The van der Waals surface area contributed by atoms with Crippen molar-refractivity contribution in [1.82, 2.24) is 0 Å². The summed E-state index contributed by atoms with van der Waals surface area (Å²) in [6.45, 7) is 4.98. The second kappa shape index (κ2) is 4.24. The predicted molar refractivity (Wildman–Crippen MR) is 67.1 cm³/mol. The molecule has 3 heteroatoms. The fourth-order valence-electron chi connectivity index (χ4n) is 3.68. The van der Waals surface area contributed by atoms with Gasteiger partial charge >= 0.3 is 0 Å². The van der Waals surface area contributed by atoms with Gasteiger partial charge in [0.05, 0.1) is 36.8 Å². The molecule has 100 valence electrons. The first-order valence-electron chi connectivity index (χ1n) is 7.42. The molecule has 0 bridgehead atoms. The molecule has 0 spiro atoms. The standard InChI is InChI=1S/C15H22O3/c1-9(11-3-5-13-15(7-11)18-13)16-8-10-2-4-12-14(6-10)17-12/h10-15H,1-8H2. The molecule has 0 amide bonds. The van der Waals surface area contributed by atoms with Gasteiger partial charge in [-0.05, 0) is 44.4 Å². The second-order valence-corrected chi connectivity index (χ2v) is 6.39. The minimum Gasteiger partial charge on any atom is -0.498 e. The highest BCUT2D eigenvalue weighted by Crippen LogP contribution is 2.43. The number of fused-ring (bicyclic) bond motifs is 2. The topological polar surface area (TPSA) is 34.3 Å². The van der Waals surface area contributed by atoms with E-state index in [2.05, 4.69) is 6.58 Å². The number of epoxide rings is 2. The van der Waals surface area contributed by atoms with Crippen LogP contribution in [0, 0.1) is 11.8 Å². The molecule has 4 aliphatic rings. The molecular formula is C15H22O3. The van der Waals surface area contributed by atoms with E-state index in [0.29, 0.717) is 36.3 Å². The summed E-state index contributed by atoms with van der Waals surface area (Å²) in [6.07, 6.45) is 9.41. The molecule has 2 aliphatic carbocycles. The van der Waals surface area contributed by atoms with E-state index in [0.717, 1.165) is 18.8 Å². The van der Waals surface area contributed by atoms with Gasteiger partial charge in [-0.15, -0.1) is 0 Å². The van der Waals surface area contributed by atoms with E-state index >= 15 is 0 Å².